The van der Waals surface area contributed by atoms with Crippen LogP contribution >= 0.6 is 34.8 Å². The lowest BCUT2D eigenvalue weighted by Crippen LogP contribution is -2.19. The molecule has 0 unspecified atom stereocenters. The van der Waals surface area contributed by atoms with Crippen LogP contribution in [-0.2, 0) is 15.4 Å². The standard InChI is InChI=1S/C16H16Cl3NO2S/c1-16(2,3)10-6-4-5-7-14(10)20-23(21,22)15-9-12(18)11(17)8-13(15)19/h4-9,20H,1-3H3. The lowest BCUT2D eigenvalue weighted by molar-refractivity contribution is 0.590. The predicted octanol–water partition coefficient (Wildman–Crippen LogP) is 5.75. The first-order valence-electron chi connectivity index (χ1n) is 6.79. The van der Waals surface area contributed by atoms with Gasteiger partial charge >= 0.3 is 0 Å². The molecule has 2 rings (SSSR count). The Morgan fingerprint density at radius 2 is 1.48 bits per heavy atom. The van der Waals surface area contributed by atoms with Gasteiger partial charge in [0.2, 0.25) is 0 Å². The normalized spacial score (nSPS) is 12.3. The molecule has 0 aliphatic rings. The molecule has 23 heavy (non-hydrogen) atoms. The third-order valence-electron chi connectivity index (χ3n) is 3.24. The summed E-state index contributed by atoms with van der Waals surface area (Å²) in [6.45, 7) is 6.02. The molecule has 0 aliphatic carbocycles. The summed E-state index contributed by atoms with van der Waals surface area (Å²) in [5.74, 6) is 0. The second kappa shape index (κ2) is 6.52. The summed E-state index contributed by atoms with van der Waals surface area (Å²) < 4.78 is 27.9. The summed E-state index contributed by atoms with van der Waals surface area (Å²) >= 11 is 17.8. The first-order chi connectivity index (χ1) is 10.5. The number of rotatable bonds is 3. The molecule has 0 radical (unpaired) electrons. The molecule has 0 saturated carbocycles. The zero-order valence-electron chi connectivity index (χ0n) is 12.8. The number of anilines is 1. The Morgan fingerprint density at radius 3 is 2.09 bits per heavy atom. The van der Waals surface area contributed by atoms with Crippen LogP contribution in [0.15, 0.2) is 41.3 Å². The molecule has 0 amide bonds. The van der Waals surface area contributed by atoms with E-state index in [-0.39, 0.29) is 25.4 Å². The van der Waals surface area contributed by atoms with E-state index < -0.39 is 10.0 Å². The molecular formula is C16H16Cl3NO2S. The van der Waals surface area contributed by atoms with Gasteiger partial charge in [-0.2, -0.15) is 0 Å². The minimum atomic E-state index is -3.89. The van der Waals surface area contributed by atoms with Crippen molar-refractivity contribution in [2.75, 3.05) is 4.72 Å². The van der Waals surface area contributed by atoms with Gasteiger partial charge < -0.3 is 0 Å². The SMILES string of the molecule is CC(C)(C)c1ccccc1NS(=O)(=O)c1cc(Cl)c(Cl)cc1Cl. The van der Waals surface area contributed by atoms with E-state index in [0.29, 0.717) is 5.69 Å². The van der Waals surface area contributed by atoms with E-state index in [1.807, 2.05) is 32.9 Å². The highest BCUT2D eigenvalue weighted by Crippen LogP contribution is 2.34. The van der Waals surface area contributed by atoms with E-state index in [2.05, 4.69) is 4.72 Å². The van der Waals surface area contributed by atoms with E-state index in [1.165, 1.54) is 12.1 Å². The van der Waals surface area contributed by atoms with Crippen molar-refractivity contribution in [1.82, 2.24) is 0 Å². The molecule has 0 bridgehead atoms. The van der Waals surface area contributed by atoms with Gasteiger partial charge in [-0.15, -0.1) is 0 Å². The minimum absolute atomic E-state index is 0.0140. The zero-order valence-corrected chi connectivity index (χ0v) is 15.9. The highest BCUT2D eigenvalue weighted by molar-refractivity contribution is 7.92. The van der Waals surface area contributed by atoms with E-state index in [1.54, 1.807) is 12.1 Å². The van der Waals surface area contributed by atoms with Crippen LogP contribution in [0, 0.1) is 0 Å². The molecule has 0 saturated heterocycles. The van der Waals surface area contributed by atoms with Crippen molar-refractivity contribution in [3.8, 4) is 0 Å². The van der Waals surface area contributed by atoms with Crippen LogP contribution in [0.5, 0.6) is 0 Å². The van der Waals surface area contributed by atoms with Crippen molar-refractivity contribution in [2.45, 2.75) is 31.1 Å². The number of para-hydroxylation sites is 1. The Hall–Kier alpha value is -0.940. The zero-order chi connectivity index (χ0) is 17.4. The third kappa shape index (κ3) is 4.13. The van der Waals surface area contributed by atoms with Crippen LogP contribution in [0.2, 0.25) is 15.1 Å². The molecule has 3 nitrogen and oxygen atoms in total. The largest absolute Gasteiger partial charge is 0.279 e. The maximum atomic E-state index is 12.7. The molecule has 2 aromatic rings. The Kier molecular flexibility index (Phi) is 5.21. The van der Waals surface area contributed by atoms with Gasteiger partial charge in [-0.25, -0.2) is 8.42 Å². The topological polar surface area (TPSA) is 46.2 Å². The highest BCUT2D eigenvalue weighted by Gasteiger charge is 2.24. The number of benzene rings is 2. The number of sulfonamides is 1. The van der Waals surface area contributed by atoms with Gasteiger partial charge in [0.1, 0.15) is 4.90 Å². The number of hydrogen-bond acceptors (Lipinski definition) is 2. The minimum Gasteiger partial charge on any atom is -0.279 e. The van der Waals surface area contributed by atoms with Gasteiger partial charge in [-0.1, -0.05) is 73.8 Å². The van der Waals surface area contributed by atoms with Gasteiger partial charge in [-0.05, 0) is 29.2 Å². The second-order valence-corrected chi connectivity index (χ2v) is 8.97. The molecule has 124 valence electrons. The molecule has 1 N–H and O–H groups in total. The Balaban J connectivity index is 2.51. The quantitative estimate of drug-likeness (QED) is 0.676. The monoisotopic (exact) mass is 391 g/mol. The average Bonchev–Trinajstić information content (AvgIpc) is 2.41. The summed E-state index contributed by atoms with van der Waals surface area (Å²) in [6.07, 6.45) is 0. The molecule has 0 atom stereocenters. The third-order valence-corrected chi connectivity index (χ3v) is 5.80. The van der Waals surface area contributed by atoms with Crippen molar-refractivity contribution in [1.29, 1.82) is 0 Å². The lowest BCUT2D eigenvalue weighted by atomic mass is 9.86. The van der Waals surface area contributed by atoms with Crippen LogP contribution < -0.4 is 4.72 Å². The molecule has 0 aromatic heterocycles. The van der Waals surface area contributed by atoms with Crippen LogP contribution in [0.4, 0.5) is 5.69 Å². The fourth-order valence-corrected chi connectivity index (χ4v) is 4.22. The van der Waals surface area contributed by atoms with Crippen molar-refractivity contribution >= 4 is 50.5 Å². The van der Waals surface area contributed by atoms with E-state index in [0.717, 1.165) is 5.56 Å². The molecule has 7 heteroatoms. The fraction of sp³-hybridized carbons (Fsp3) is 0.250. The van der Waals surface area contributed by atoms with Crippen LogP contribution in [0.1, 0.15) is 26.3 Å². The summed E-state index contributed by atoms with van der Waals surface area (Å²) in [4.78, 5) is -0.114. The number of halogens is 3. The van der Waals surface area contributed by atoms with Gasteiger partial charge in [0.25, 0.3) is 10.0 Å². The molecule has 0 fully saturated rings. The molecule has 0 spiro atoms. The molecular weight excluding hydrogens is 377 g/mol. The van der Waals surface area contributed by atoms with E-state index in [9.17, 15) is 8.42 Å². The van der Waals surface area contributed by atoms with Gasteiger partial charge in [0.15, 0.2) is 0 Å². The van der Waals surface area contributed by atoms with E-state index >= 15 is 0 Å². The number of nitrogens with one attached hydrogen (secondary N) is 1. The van der Waals surface area contributed by atoms with Crippen LogP contribution in [0.25, 0.3) is 0 Å². The molecule has 2 aromatic carbocycles. The summed E-state index contributed by atoms with van der Waals surface area (Å²) in [5.41, 5.74) is 1.16. The van der Waals surface area contributed by atoms with E-state index in [4.69, 9.17) is 34.8 Å². The maximum absolute atomic E-state index is 12.7. The molecule has 0 aliphatic heterocycles. The van der Waals surface area contributed by atoms with Crippen molar-refractivity contribution in [2.24, 2.45) is 0 Å². The van der Waals surface area contributed by atoms with Crippen LogP contribution in [-0.4, -0.2) is 8.42 Å². The summed E-state index contributed by atoms with van der Waals surface area (Å²) in [5, 5.41) is 0.339. The van der Waals surface area contributed by atoms with Crippen molar-refractivity contribution < 1.29 is 8.42 Å². The Labute approximate surface area is 151 Å². The first kappa shape index (κ1) is 18.4. The molecule has 0 heterocycles. The average molecular weight is 393 g/mol. The van der Waals surface area contributed by atoms with Crippen molar-refractivity contribution in [3.63, 3.8) is 0 Å². The fourth-order valence-electron chi connectivity index (χ4n) is 2.14. The lowest BCUT2D eigenvalue weighted by Gasteiger charge is -2.23. The van der Waals surface area contributed by atoms with Crippen molar-refractivity contribution in [3.05, 3.63) is 57.0 Å². The van der Waals surface area contributed by atoms with Gasteiger partial charge in [-0.3, -0.25) is 4.72 Å². The summed E-state index contributed by atoms with van der Waals surface area (Å²) in [6, 6.07) is 9.79. The smallest absolute Gasteiger partial charge is 0.263 e. The summed E-state index contributed by atoms with van der Waals surface area (Å²) in [7, 11) is -3.89. The van der Waals surface area contributed by atoms with Gasteiger partial charge in [0, 0.05) is 0 Å². The Morgan fingerprint density at radius 1 is 0.913 bits per heavy atom. The highest BCUT2D eigenvalue weighted by atomic mass is 35.5. The maximum Gasteiger partial charge on any atom is 0.263 e. The predicted molar refractivity (Wildman–Crippen MR) is 97.4 cm³/mol. The number of hydrogen-bond donors (Lipinski definition) is 1. The Bertz CT molecular complexity index is 843. The van der Waals surface area contributed by atoms with Crippen LogP contribution in [0.3, 0.4) is 0 Å². The first-order valence-corrected chi connectivity index (χ1v) is 9.41. The second-order valence-electron chi connectivity index (χ2n) is 6.10. The van der Waals surface area contributed by atoms with Gasteiger partial charge in [0.05, 0.1) is 20.8 Å².